The van der Waals surface area contributed by atoms with Gasteiger partial charge in [0.1, 0.15) is 11.5 Å². The van der Waals surface area contributed by atoms with E-state index in [1.54, 1.807) is 5.01 Å². The van der Waals surface area contributed by atoms with Crippen LogP contribution < -0.4 is 15.5 Å². The number of hydrogen-bond donors (Lipinski definition) is 2. The molecule has 0 aromatic heterocycles. The number of nitrogens with zero attached hydrogens (tertiary/aromatic N) is 1. The Labute approximate surface area is 124 Å². The monoisotopic (exact) mass is 287 g/mol. The first-order valence-corrected chi connectivity index (χ1v) is 6.62. The van der Waals surface area contributed by atoms with Gasteiger partial charge in [-0.15, -0.1) is 0 Å². The van der Waals surface area contributed by atoms with Crippen molar-refractivity contribution in [2.24, 2.45) is 0 Å². The van der Waals surface area contributed by atoms with Gasteiger partial charge in [0, 0.05) is 19.8 Å². The second-order valence-corrected chi connectivity index (χ2v) is 4.81. The Morgan fingerprint density at radius 1 is 0.950 bits per heavy atom. The Balaban J connectivity index is 1.94. The Morgan fingerprint density at radius 3 is 2.15 bits per heavy atom. The van der Waals surface area contributed by atoms with E-state index in [0.29, 0.717) is 5.11 Å². The molecule has 0 aliphatic carbocycles. The number of ether oxygens (including phenoxy) is 1. The highest BCUT2D eigenvalue weighted by Gasteiger charge is 2.00. The van der Waals surface area contributed by atoms with Crippen molar-refractivity contribution < 1.29 is 4.74 Å². The van der Waals surface area contributed by atoms with Crippen molar-refractivity contribution in [1.82, 2.24) is 10.4 Å². The van der Waals surface area contributed by atoms with Crippen LogP contribution in [0.2, 0.25) is 0 Å². The van der Waals surface area contributed by atoms with Crippen molar-refractivity contribution >= 4 is 23.0 Å². The summed E-state index contributed by atoms with van der Waals surface area (Å²) in [7, 11) is 3.76. The summed E-state index contributed by atoms with van der Waals surface area (Å²) >= 11 is 5.15. The number of hydrazine groups is 1. The van der Waals surface area contributed by atoms with Crippen LogP contribution >= 0.6 is 12.2 Å². The standard InChI is InChI=1S/C15H17N3OS/c1-18(2)17-15(20)16-12-8-10-14(11-9-12)19-13-6-4-3-5-7-13/h3-11H,1-2H3,(H2,16,17,20). The van der Waals surface area contributed by atoms with Crippen molar-refractivity contribution in [1.29, 1.82) is 0 Å². The topological polar surface area (TPSA) is 36.5 Å². The lowest BCUT2D eigenvalue weighted by atomic mass is 10.3. The van der Waals surface area contributed by atoms with Crippen LogP contribution in [-0.4, -0.2) is 24.2 Å². The van der Waals surface area contributed by atoms with Gasteiger partial charge in [-0.05, 0) is 48.6 Å². The summed E-state index contributed by atoms with van der Waals surface area (Å²) in [4.78, 5) is 0. The third kappa shape index (κ3) is 4.53. The van der Waals surface area contributed by atoms with Crippen molar-refractivity contribution in [3.8, 4) is 11.5 Å². The number of benzene rings is 2. The molecule has 4 nitrogen and oxygen atoms in total. The predicted octanol–water partition coefficient (Wildman–Crippen LogP) is 3.24. The number of thiocarbonyl (C=S) groups is 1. The molecule has 5 heteroatoms. The van der Waals surface area contributed by atoms with Gasteiger partial charge >= 0.3 is 0 Å². The Kier molecular flexibility index (Phi) is 4.92. The van der Waals surface area contributed by atoms with Crippen molar-refractivity contribution in [3.05, 3.63) is 54.6 Å². The van der Waals surface area contributed by atoms with E-state index in [9.17, 15) is 0 Å². The maximum atomic E-state index is 5.72. The highest BCUT2D eigenvalue weighted by molar-refractivity contribution is 7.80. The van der Waals surface area contributed by atoms with Gasteiger partial charge in [-0.25, -0.2) is 5.01 Å². The summed E-state index contributed by atoms with van der Waals surface area (Å²) < 4.78 is 5.72. The molecule has 2 N–H and O–H groups in total. The minimum Gasteiger partial charge on any atom is -0.457 e. The fourth-order valence-electron chi connectivity index (χ4n) is 1.59. The van der Waals surface area contributed by atoms with E-state index in [-0.39, 0.29) is 0 Å². The third-order valence-electron chi connectivity index (χ3n) is 2.42. The van der Waals surface area contributed by atoms with E-state index < -0.39 is 0 Å². The molecule has 0 unspecified atom stereocenters. The summed E-state index contributed by atoms with van der Waals surface area (Å²) in [5.41, 5.74) is 3.88. The lowest BCUT2D eigenvalue weighted by Gasteiger charge is -2.15. The second kappa shape index (κ2) is 6.88. The molecule has 2 aromatic rings. The zero-order valence-corrected chi connectivity index (χ0v) is 12.3. The van der Waals surface area contributed by atoms with E-state index in [0.717, 1.165) is 17.2 Å². The fourth-order valence-corrected chi connectivity index (χ4v) is 1.89. The number of hydrogen-bond acceptors (Lipinski definition) is 3. The van der Waals surface area contributed by atoms with Crippen LogP contribution in [0.1, 0.15) is 0 Å². The molecule has 0 amide bonds. The molecule has 0 atom stereocenters. The van der Waals surface area contributed by atoms with Gasteiger partial charge in [0.05, 0.1) is 0 Å². The first-order valence-electron chi connectivity index (χ1n) is 6.21. The number of anilines is 1. The first kappa shape index (κ1) is 14.3. The summed E-state index contributed by atoms with van der Waals surface area (Å²) in [6.45, 7) is 0. The largest absolute Gasteiger partial charge is 0.457 e. The molecule has 0 radical (unpaired) electrons. The van der Waals surface area contributed by atoms with Gasteiger partial charge in [0.2, 0.25) is 0 Å². The number of rotatable bonds is 4. The lowest BCUT2D eigenvalue weighted by Crippen LogP contribution is -2.38. The van der Waals surface area contributed by atoms with Crippen molar-refractivity contribution in [2.75, 3.05) is 19.4 Å². The highest BCUT2D eigenvalue weighted by Crippen LogP contribution is 2.22. The van der Waals surface area contributed by atoms with Crippen molar-refractivity contribution in [3.63, 3.8) is 0 Å². The summed E-state index contributed by atoms with van der Waals surface area (Å²) in [6, 6.07) is 17.3. The maximum absolute atomic E-state index is 5.72. The molecular weight excluding hydrogens is 270 g/mol. The molecule has 0 aliphatic rings. The van der Waals surface area contributed by atoms with Gasteiger partial charge in [-0.2, -0.15) is 0 Å². The van der Waals surface area contributed by atoms with E-state index in [1.165, 1.54) is 0 Å². The molecule has 0 fully saturated rings. The van der Waals surface area contributed by atoms with Crippen LogP contribution in [0.15, 0.2) is 54.6 Å². The lowest BCUT2D eigenvalue weighted by molar-refractivity contribution is 0.365. The van der Waals surface area contributed by atoms with Gasteiger partial charge in [-0.1, -0.05) is 18.2 Å². The van der Waals surface area contributed by atoms with E-state index in [4.69, 9.17) is 17.0 Å². The highest BCUT2D eigenvalue weighted by atomic mass is 32.1. The average molecular weight is 287 g/mol. The molecule has 20 heavy (non-hydrogen) atoms. The molecule has 2 aromatic carbocycles. The van der Waals surface area contributed by atoms with Gasteiger partial charge in [0.25, 0.3) is 0 Å². The molecular formula is C15H17N3OS. The summed E-state index contributed by atoms with van der Waals surface area (Å²) in [5, 5.41) is 5.42. The molecule has 2 rings (SSSR count). The van der Waals surface area contributed by atoms with Gasteiger partial charge in [-0.3, -0.25) is 5.43 Å². The molecule has 0 saturated heterocycles. The molecule has 0 bridgehead atoms. The van der Waals surface area contributed by atoms with E-state index in [1.807, 2.05) is 68.7 Å². The van der Waals surface area contributed by atoms with Crippen LogP contribution in [0.4, 0.5) is 5.69 Å². The van der Waals surface area contributed by atoms with Gasteiger partial charge in [0.15, 0.2) is 5.11 Å². The van der Waals surface area contributed by atoms with E-state index in [2.05, 4.69) is 10.7 Å². The molecule has 0 heterocycles. The first-order chi connectivity index (χ1) is 9.63. The predicted molar refractivity (Wildman–Crippen MR) is 86.0 cm³/mol. The molecule has 104 valence electrons. The Morgan fingerprint density at radius 2 is 1.55 bits per heavy atom. The SMILES string of the molecule is CN(C)NC(=S)Nc1ccc(Oc2ccccc2)cc1. The second-order valence-electron chi connectivity index (χ2n) is 4.40. The fraction of sp³-hybridized carbons (Fsp3) is 0.133. The van der Waals surface area contributed by atoms with Crippen LogP contribution in [0.25, 0.3) is 0 Å². The zero-order valence-electron chi connectivity index (χ0n) is 11.5. The Hall–Kier alpha value is -2.11. The molecule has 0 aliphatic heterocycles. The number of para-hydroxylation sites is 1. The third-order valence-corrected chi connectivity index (χ3v) is 2.61. The average Bonchev–Trinajstić information content (AvgIpc) is 2.41. The quantitative estimate of drug-likeness (QED) is 0.667. The van der Waals surface area contributed by atoms with Gasteiger partial charge < -0.3 is 10.1 Å². The summed E-state index contributed by atoms with van der Waals surface area (Å²) in [6.07, 6.45) is 0. The molecule has 0 spiro atoms. The van der Waals surface area contributed by atoms with E-state index >= 15 is 0 Å². The normalized spacial score (nSPS) is 10.2. The van der Waals surface area contributed by atoms with Crippen LogP contribution in [0.3, 0.4) is 0 Å². The smallest absolute Gasteiger partial charge is 0.185 e. The minimum absolute atomic E-state index is 0.548. The minimum atomic E-state index is 0.548. The maximum Gasteiger partial charge on any atom is 0.185 e. The summed E-state index contributed by atoms with van der Waals surface area (Å²) in [5.74, 6) is 1.60. The van der Waals surface area contributed by atoms with Crippen LogP contribution in [-0.2, 0) is 0 Å². The van der Waals surface area contributed by atoms with Crippen molar-refractivity contribution in [2.45, 2.75) is 0 Å². The van der Waals surface area contributed by atoms with Crippen LogP contribution in [0.5, 0.6) is 11.5 Å². The Bertz CT molecular complexity index is 555. The number of nitrogens with one attached hydrogen (secondary N) is 2. The zero-order chi connectivity index (χ0) is 14.4. The van der Waals surface area contributed by atoms with Crippen LogP contribution in [0, 0.1) is 0 Å². The molecule has 0 saturated carbocycles.